The van der Waals surface area contributed by atoms with Crippen LogP contribution in [-0.4, -0.2) is 103 Å². The Bertz CT molecular complexity index is 2990. The van der Waals surface area contributed by atoms with Crippen LogP contribution in [0.5, 0.6) is 11.5 Å². The van der Waals surface area contributed by atoms with Crippen LogP contribution in [0.4, 0.5) is 4.39 Å². The number of aliphatic imine (C=N–C) groups is 1. The van der Waals surface area contributed by atoms with Crippen molar-refractivity contribution in [1.82, 2.24) is 40.6 Å². The number of carbonyl (C=O) groups is 4. The number of amides is 4. The van der Waals surface area contributed by atoms with E-state index >= 15 is 0 Å². The van der Waals surface area contributed by atoms with Crippen molar-refractivity contribution < 1.29 is 38.1 Å². The summed E-state index contributed by atoms with van der Waals surface area (Å²) in [4.78, 5) is 66.1. The molecule has 70 heavy (non-hydrogen) atoms. The quantitative estimate of drug-likeness (QED) is 0.0846. The Kier molecular flexibility index (Phi) is 14.2. The summed E-state index contributed by atoms with van der Waals surface area (Å²) in [7, 11) is 0. The van der Waals surface area contributed by atoms with Gasteiger partial charge in [0.05, 0.1) is 46.9 Å². The molecule has 16 nitrogen and oxygen atoms in total. The average molecular weight is 1010 g/mol. The third-order valence-electron chi connectivity index (χ3n) is 12.8. The van der Waals surface area contributed by atoms with Crippen molar-refractivity contribution in [2.24, 2.45) is 4.99 Å². The molecule has 0 spiro atoms. The van der Waals surface area contributed by atoms with E-state index < -0.39 is 54.9 Å². The second-order valence-electron chi connectivity index (χ2n) is 17.8. The maximum absolute atomic E-state index is 14.8. The number of likely N-dealkylation sites (tertiary alicyclic amines) is 1. The molecule has 3 aromatic carbocycles. The maximum Gasteiger partial charge on any atom is 0.258 e. The number of nitrogens with one attached hydrogen (secondary N) is 3. The van der Waals surface area contributed by atoms with Crippen LogP contribution in [0.2, 0.25) is 5.02 Å². The van der Waals surface area contributed by atoms with Gasteiger partial charge in [-0.2, -0.15) is 0 Å². The highest BCUT2D eigenvalue weighted by molar-refractivity contribution is 7.15. The van der Waals surface area contributed by atoms with E-state index in [1.54, 1.807) is 28.2 Å². The SMILES string of the molecule is Cc1ncsc1-c1ccc([C@H](C)NC(=O)[C@@H]2C[C@@H](O)CN2C(=O)CNC(=O)COc2cc(F)cc(O[C@H]3C[C@@H](NC(=O)C[C@@H]4N=C(c5ccc(Cl)cc5)c5c(sc(C)c5C)-n5c(C)nnc54)C3)c2)cc1. The Morgan fingerprint density at radius 3 is 2.40 bits per heavy atom. The molecular formula is C50H51ClFN9O7S2. The third-order valence-corrected chi connectivity index (χ3v) is 15.3. The number of aliphatic hydroxyl groups is 1. The molecule has 364 valence electrons. The van der Waals surface area contributed by atoms with Gasteiger partial charge in [0.15, 0.2) is 12.4 Å². The van der Waals surface area contributed by atoms with Crippen molar-refractivity contribution in [1.29, 1.82) is 0 Å². The fourth-order valence-corrected chi connectivity index (χ4v) is 11.1. The molecule has 0 radical (unpaired) electrons. The zero-order valence-electron chi connectivity index (χ0n) is 39.0. The molecule has 0 unspecified atom stereocenters. The summed E-state index contributed by atoms with van der Waals surface area (Å²) in [5, 5.41) is 29.4. The van der Waals surface area contributed by atoms with E-state index in [1.807, 2.05) is 73.9 Å². The molecule has 0 bridgehead atoms. The molecule has 1 saturated carbocycles. The van der Waals surface area contributed by atoms with Gasteiger partial charge in [-0.25, -0.2) is 9.37 Å². The Hall–Kier alpha value is -6.54. The summed E-state index contributed by atoms with van der Waals surface area (Å²) < 4.78 is 28.4. The van der Waals surface area contributed by atoms with Crippen molar-refractivity contribution in [3.05, 3.63) is 128 Å². The lowest BCUT2D eigenvalue weighted by Gasteiger charge is -2.36. The first-order valence-electron chi connectivity index (χ1n) is 22.9. The minimum atomic E-state index is -0.932. The van der Waals surface area contributed by atoms with Crippen molar-refractivity contribution >= 4 is 63.6 Å². The van der Waals surface area contributed by atoms with Gasteiger partial charge in [0, 0.05) is 71.1 Å². The van der Waals surface area contributed by atoms with Crippen molar-refractivity contribution in [3.63, 3.8) is 0 Å². The molecular weight excluding hydrogens is 957 g/mol. The molecule has 1 saturated heterocycles. The topological polar surface area (TPSA) is 202 Å². The van der Waals surface area contributed by atoms with Crippen LogP contribution in [0, 0.1) is 33.5 Å². The highest BCUT2D eigenvalue weighted by Crippen LogP contribution is 2.40. The Morgan fingerprint density at radius 2 is 1.67 bits per heavy atom. The predicted molar refractivity (Wildman–Crippen MR) is 263 cm³/mol. The number of thiazole rings is 1. The van der Waals surface area contributed by atoms with Crippen molar-refractivity contribution in [2.45, 2.75) is 96.7 Å². The fraction of sp³-hybridized carbons (Fsp3) is 0.360. The number of aliphatic hydroxyl groups excluding tert-OH is 1. The van der Waals surface area contributed by atoms with Crippen LogP contribution >= 0.6 is 34.3 Å². The molecule has 1 aliphatic carbocycles. The molecule has 6 aromatic rings. The standard InChI is InChI=1S/C50H51ClFN9O7S2/c1-25-28(4)70-50-45(25)46(31-10-12-33(51)13-11-31)57-40(48-59-58-29(5)61(48)50)20-42(63)56-35-16-39(17-35)68-38-15-34(52)14-37(19-38)67-23-43(64)53-21-44(65)60-22-36(62)18-41(60)49(66)55-26(2)30-6-8-32(9-7-30)47-27(3)54-24-69-47/h6-15,19,24,26,35-36,39-41,62H,16-18,20-23H2,1-5H3,(H,53,64)(H,55,66)(H,56,63)/t26-,35-,36+,39+,40-,41-/m0/s1. The van der Waals surface area contributed by atoms with E-state index in [4.69, 9.17) is 26.1 Å². The lowest BCUT2D eigenvalue weighted by molar-refractivity contribution is -0.139. The maximum atomic E-state index is 14.8. The number of rotatable bonds is 15. The fourth-order valence-electron chi connectivity index (χ4n) is 8.96. The normalized spacial score (nSPS) is 19.7. The van der Waals surface area contributed by atoms with Crippen LogP contribution in [0.15, 0.2) is 77.2 Å². The highest BCUT2D eigenvalue weighted by Gasteiger charge is 2.40. The second-order valence-corrected chi connectivity index (χ2v) is 20.3. The number of hydrogen-bond acceptors (Lipinski definition) is 13. The minimum Gasteiger partial charge on any atom is -0.490 e. The molecule has 5 heterocycles. The number of aryl methyl sites for hydroxylation is 3. The number of halogens is 2. The first-order chi connectivity index (χ1) is 33.6. The largest absolute Gasteiger partial charge is 0.490 e. The van der Waals surface area contributed by atoms with Crippen LogP contribution in [-0.2, 0) is 19.2 Å². The average Bonchev–Trinajstić information content (AvgIpc) is 4.09. The Balaban J connectivity index is 0.741. The molecule has 20 heteroatoms. The van der Waals surface area contributed by atoms with Crippen LogP contribution in [0.1, 0.15) is 89.2 Å². The minimum absolute atomic E-state index is 0.0283. The third kappa shape index (κ3) is 10.5. The number of hydrogen-bond donors (Lipinski definition) is 4. The molecule has 3 aromatic heterocycles. The number of ether oxygens (including phenoxy) is 2. The molecule has 4 N–H and O–H groups in total. The predicted octanol–water partition coefficient (Wildman–Crippen LogP) is 6.82. The summed E-state index contributed by atoms with van der Waals surface area (Å²) in [6.07, 6.45) is -0.204. The summed E-state index contributed by atoms with van der Waals surface area (Å²) in [6, 6.07) is 17.0. The molecule has 9 rings (SSSR count). The van der Waals surface area contributed by atoms with Gasteiger partial charge in [0.25, 0.3) is 5.91 Å². The first-order valence-corrected chi connectivity index (χ1v) is 25.0. The van der Waals surface area contributed by atoms with Gasteiger partial charge in [-0.1, -0.05) is 48.0 Å². The lowest BCUT2D eigenvalue weighted by atomic mass is 9.89. The van der Waals surface area contributed by atoms with E-state index in [-0.39, 0.29) is 55.0 Å². The van der Waals surface area contributed by atoms with E-state index in [1.165, 1.54) is 17.0 Å². The van der Waals surface area contributed by atoms with Gasteiger partial charge in [0.1, 0.15) is 46.3 Å². The number of nitrogens with zero attached hydrogens (tertiary/aromatic N) is 6. The van der Waals surface area contributed by atoms with E-state index in [0.717, 1.165) is 60.0 Å². The number of thiophene rings is 1. The number of fused-ring (bicyclic) bond motifs is 3. The molecule has 2 aliphatic heterocycles. The summed E-state index contributed by atoms with van der Waals surface area (Å²) >= 11 is 9.44. The number of carbonyl (C=O) groups excluding carboxylic acids is 4. The Morgan fingerprint density at radius 1 is 0.943 bits per heavy atom. The van der Waals surface area contributed by atoms with E-state index in [0.29, 0.717) is 29.5 Å². The zero-order valence-corrected chi connectivity index (χ0v) is 41.4. The van der Waals surface area contributed by atoms with E-state index in [2.05, 4.69) is 45.0 Å². The smallest absolute Gasteiger partial charge is 0.258 e. The van der Waals surface area contributed by atoms with Crippen molar-refractivity contribution in [3.8, 4) is 26.9 Å². The summed E-state index contributed by atoms with van der Waals surface area (Å²) in [6.45, 7) is 8.77. The van der Waals surface area contributed by atoms with Crippen LogP contribution in [0.3, 0.4) is 0 Å². The Labute approximate surface area is 416 Å². The number of β-amino-alcohol motifs (C(OH)–C–C–N with tert-alkyl or cyclic N) is 1. The van der Waals surface area contributed by atoms with Gasteiger partial charge in [-0.05, 0) is 63.4 Å². The monoisotopic (exact) mass is 1010 g/mol. The van der Waals surface area contributed by atoms with Gasteiger partial charge in [0.2, 0.25) is 17.7 Å². The molecule has 4 amide bonds. The molecule has 4 atom stereocenters. The van der Waals surface area contributed by atoms with Gasteiger partial charge in [-0.15, -0.1) is 32.9 Å². The molecule has 2 fully saturated rings. The van der Waals surface area contributed by atoms with E-state index in [9.17, 15) is 28.7 Å². The van der Waals surface area contributed by atoms with Crippen LogP contribution < -0.4 is 25.4 Å². The van der Waals surface area contributed by atoms with Crippen LogP contribution in [0.25, 0.3) is 15.4 Å². The zero-order chi connectivity index (χ0) is 49.4. The summed E-state index contributed by atoms with van der Waals surface area (Å²) in [5.74, 6) is -1.00. The lowest BCUT2D eigenvalue weighted by Crippen LogP contribution is -2.49. The van der Waals surface area contributed by atoms with Gasteiger partial charge < -0.3 is 35.4 Å². The second kappa shape index (κ2) is 20.4. The van der Waals surface area contributed by atoms with Crippen molar-refractivity contribution in [2.75, 3.05) is 19.7 Å². The van der Waals surface area contributed by atoms with Gasteiger partial charge >= 0.3 is 0 Å². The highest BCUT2D eigenvalue weighted by atomic mass is 35.5. The van der Waals surface area contributed by atoms with Gasteiger partial charge in [-0.3, -0.25) is 28.7 Å². The molecule has 3 aliphatic rings. The number of benzene rings is 3. The summed E-state index contributed by atoms with van der Waals surface area (Å²) in [5.41, 5.74) is 8.33. The number of aromatic nitrogens is 4. The first kappa shape index (κ1) is 48.5.